The Labute approximate surface area is 157 Å². The van der Waals surface area contributed by atoms with Crippen molar-refractivity contribution in [1.82, 2.24) is 24.7 Å². The number of para-hydroxylation sites is 2. The largest absolute Gasteiger partial charge is 0.442 e. The van der Waals surface area contributed by atoms with E-state index in [9.17, 15) is 4.79 Å². The fourth-order valence-electron chi connectivity index (χ4n) is 2.65. The van der Waals surface area contributed by atoms with Crippen LogP contribution in [0.25, 0.3) is 33.6 Å². The Morgan fingerprint density at radius 1 is 1.27 bits per heavy atom. The molecule has 0 radical (unpaired) electrons. The molecular weight excluding hydrogens is 398 g/mol. The van der Waals surface area contributed by atoms with Gasteiger partial charge in [0, 0.05) is 10.7 Å². The summed E-state index contributed by atoms with van der Waals surface area (Å²) >= 11 is 3.42. The molecule has 8 heteroatoms. The number of halogens is 1. The van der Waals surface area contributed by atoms with E-state index in [-0.39, 0.29) is 0 Å². The average molecular weight is 414 g/mol. The van der Waals surface area contributed by atoms with Crippen molar-refractivity contribution in [3.8, 4) is 11.5 Å². The highest BCUT2D eigenvalue weighted by molar-refractivity contribution is 9.10. The second-order valence-corrected chi connectivity index (χ2v) is 7.78. The molecule has 0 atom stereocenters. The lowest BCUT2D eigenvalue weighted by atomic mass is 10.2. The van der Waals surface area contributed by atoms with Crippen LogP contribution in [0, 0.1) is 0 Å². The van der Waals surface area contributed by atoms with Crippen molar-refractivity contribution >= 4 is 44.1 Å². The molecular formula is C18H16BrN5O2. The zero-order valence-corrected chi connectivity index (χ0v) is 16.0. The maximum Gasteiger partial charge on any atom is 0.437 e. The lowest BCUT2D eigenvalue weighted by Gasteiger charge is -2.18. The summed E-state index contributed by atoms with van der Waals surface area (Å²) in [6.07, 6.45) is 1.03. The van der Waals surface area contributed by atoms with Gasteiger partial charge in [0.2, 0.25) is 0 Å². The van der Waals surface area contributed by atoms with E-state index in [1.807, 2.05) is 30.3 Å². The number of nitrogens with zero attached hydrogens (tertiary/aromatic N) is 4. The van der Waals surface area contributed by atoms with E-state index in [0.29, 0.717) is 22.6 Å². The number of carbonyl (C=O) groups is 1. The van der Waals surface area contributed by atoms with Gasteiger partial charge < -0.3 is 9.72 Å². The van der Waals surface area contributed by atoms with E-state index >= 15 is 0 Å². The summed E-state index contributed by atoms with van der Waals surface area (Å²) in [5, 5.41) is 5.14. The van der Waals surface area contributed by atoms with Crippen LogP contribution >= 0.6 is 15.9 Å². The summed E-state index contributed by atoms with van der Waals surface area (Å²) in [6, 6.07) is 9.56. The van der Waals surface area contributed by atoms with Crippen molar-refractivity contribution < 1.29 is 9.53 Å². The molecule has 7 nitrogen and oxygen atoms in total. The Kier molecular flexibility index (Phi) is 3.80. The van der Waals surface area contributed by atoms with E-state index < -0.39 is 11.7 Å². The highest BCUT2D eigenvalue weighted by atomic mass is 79.9. The maximum atomic E-state index is 12.6. The molecule has 0 aliphatic carbocycles. The minimum Gasteiger partial charge on any atom is -0.442 e. The Bertz CT molecular complexity index is 1110. The van der Waals surface area contributed by atoms with Gasteiger partial charge in [-0.2, -0.15) is 5.10 Å². The van der Waals surface area contributed by atoms with Crippen LogP contribution in [0.5, 0.6) is 0 Å². The minimum absolute atomic E-state index is 0.415. The van der Waals surface area contributed by atoms with Gasteiger partial charge in [-0.1, -0.05) is 12.1 Å². The molecule has 1 aromatic carbocycles. The number of aromatic nitrogens is 5. The van der Waals surface area contributed by atoms with Gasteiger partial charge in [0.15, 0.2) is 11.5 Å². The topological polar surface area (TPSA) is 85.7 Å². The molecule has 26 heavy (non-hydrogen) atoms. The van der Waals surface area contributed by atoms with Gasteiger partial charge in [-0.15, -0.1) is 4.68 Å². The highest BCUT2D eigenvalue weighted by Crippen LogP contribution is 2.29. The van der Waals surface area contributed by atoms with Crippen LogP contribution in [-0.2, 0) is 4.74 Å². The predicted molar refractivity (Wildman–Crippen MR) is 102 cm³/mol. The van der Waals surface area contributed by atoms with Crippen LogP contribution in [0.4, 0.5) is 4.79 Å². The molecule has 1 N–H and O–H groups in total. The average Bonchev–Trinajstić information content (AvgIpc) is 3.13. The van der Waals surface area contributed by atoms with Gasteiger partial charge >= 0.3 is 6.09 Å². The van der Waals surface area contributed by atoms with Crippen LogP contribution < -0.4 is 0 Å². The minimum atomic E-state index is -0.635. The fourth-order valence-corrected chi connectivity index (χ4v) is 2.98. The second kappa shape index (κ2) is 5.91. The first-order valence-corrected chi connectivity index (χ1v) is 8.84. The molecule has 0 saturated heterocycles. The van der Waals surface area contributed by atoms with Crippen LogP contribution in [-0.4, -0.2) is 36.4 Å². The van der Waals surface area contributed by atoms with Crippen LogP contribution in [0.15, 0.2) is 41.0 Å². The molecule has 0 unspecified atom stereocenters. The van der Waals surface area contributed by atoms with Gasteiger partial charge in [0.05, 0.1) is 16.4 Å². The summed E-state index contributed by atoms with van der Waals surface area (Å²) in [6.45, 7) is 5.42. The lowest BCUT2D eigenvalue weighted by molar-refractivity contribution is 0.0522. The SMILES string of the molecule is CC(C)(C)OC(=O)n1nc(-c2nc3ccccc3[nH]2)c2cc(Br)cnc21. The first kappa shape index (κ1) is 16.7. The van der Waals surface area contributed by atoms with E-state index in [4.69, 9.17) is 4.74 Å². The number of aromatic amines is 1. The Morgan fingerprint density at radius 3 is 2.77 bits per heavy atom. The van der Waals surface area contributed by atoms with Crippen molar-refractivity contribution in [2.45, 2.75) is 26.4 Å². The normalized spacial score (nSPS) is 12.0. The molecule has 4 aromatic rings. The summed E-state index contributed by atoms with van der Waals surface area (Å²) in [5.41, 5.74) is 2.04. The number of rotatable bonds is 1. The monoisotopic (exact) mass is 413 g/mol. The first-order valence-electron chi connectivity index (χ1n) is 8.04. The fraction of sp³-hybridized carbons (Fsp3) is 0.222. The number of carbonyl (C=O) groups excluding carboxylic acids is 1. The number of hydrogen-bond donors (Lipinski definition) is 1. The number of fused-ring (bicyclic) bond motifs is 2. The van der Waals surface area contributed by atoms with Gasteiger partial charge in [-0.3, -0.25) is 0 Å². The predicted octanol–water partition coefficient (Wildman–Crippen LogP) is 4.52. The first-order chi connectivity index (χ1) is 12.3. The third-order valence-electron chi connectivity index (χ3n) is 3.67. The number of pyridine rings is 1. The summed E-state index contributed by atoms with van der Waals surface area (Å²) < 4.78 is 7.41. The lowest BCUT2D eigenvalue weighted by Crippen LogP contribution is -2.27. The van der Waals surface area contributed by atoms with Crippen molar-refractivity contribution in [3.05, 3.63) is 41.0 Å². The van der Waals surface area contributed by atoms with Gasteiger partial charge in [0.1, 0.15) is 11.3 Å². The molecule has 3 aromatic heterocycles. The van der Waals surface area contributed by atoms with E-state index in [0.717, 1.165) is 15.5 Å². The van der Waals surface area contributed by atoms with Crippen LogP contribution in [0.3, 0.4) is 0 Å². The van der Waals surface area contributed by atoms with Crippen LogP contribution in [0.2, 0.25) is 0 Å². The summed E-state index contributed by atoms with van der Waals surface area (Å²) in [4.78, 5) is 24.7. The van der Waals surface area contributed by atoms with Gasteiger partial charge in [0.25, 0.3) is 0 Å². The van der Waals surface area contributed by atoms with Crippen molar-refractivity contribution in [3.63, 3.8) is 0 Å². The molecule has 0 aliphatic rings. The number of benzene rings is 1. The Balaban J connectivity index is 1.92. The molecule has 0 aliphatic heterocycles. The highest BCUT2D eigenvalue weighted by Gasteiger charge is 2.24. The van der Waals surface area contributed by atoms with Crippen molar-refractivity contribution in [2.75, 3.05) is 0 Å². The molecule has 0 fully saturated rings. The van der Waals surface area contributed by atoms with Gasteiger partial charge in [-0.25, -0.2) is 14.8 Å². The number of H-pyrrole nitrogens is 1. The zero-order chi connectivity index (χ0) is 18.5. The number of imidazole rings is 1. The molecule has 132 valence electrons. The number of ether oxygens (including phenoxy) is 1. The van der Waals surface area contributed by atoms with Gasteiger partial charge in [-0.05, 0) is 54.9 Å². The number of nitrogens with one attached hydrogen (secondary N) is 1. The summed E-state index contributed by atoms with van der Waals surface area (Å²) in [5.74, 6) is 0.568. The number of hydrogen-bond acceptors (Lipinski definition) is 5. The Morgan fingerprint density at radius 2 is 2.04 bits per heavy atom. The Hall–Kier alpha value is -2.74. The molecule has 0 saturated carbocycles. The molecule has 0 bridgehead atoms. The molecule has 3 heterocycles. The maximum absolute atomic E-state index is 12.6. The molecule has 4 rings (SSSR count). The van der Waals surface area contributed by atoms with E-state index in [1.54, 1.807) is 27.0 Å². The zero-order valence-electron chi connectivity index (χ0n) is 14.4. The van der Waals surface area contributed by atoms with Crippen molar-refractivity contribution in [1.29, 1.82) is 0 Å². The standard InChI is InChI=1S/C18H16BrN5O2/c1-18(2,3)26-17(25)24-16-11(8-10(19)9-20-16)14(23-24)15-21-12-6-4-5-7-13(12)22-15/h4-9H,1-3H3,(H,21,22). The van der Waals surface area contributed by atoms with E-state index in [1.165, 1.54) is 4.68 Å². The quantitative estimate of drug-likeness (QED) is 0.495. The van der Waals surface area contributed by atoms with E-state index in [2.05, 4.69) is 36.0 Å². The smallest absolute Gasteiger partial charge is 0.437 e. The summed E-state index contributed by atoms with van der Waals surface area (Å²) in [7, 11) is 0. The third kappa shape index (κ3) is 2.96. The molecule has 0 spiro atoms. The van der Waals surface area contributed by atoms with Crippen LogP contribution in [0.1, 0.15) is 20.8 Å². The van der Waals surface area contributed by atoms with Crippen molar-refractivity contribution in [2.24, 2.45) is 0 Å². The second-order valence-electron chi connectivity index (χ2n) is 6.87. The third-order valence-corrected chi connectivity index (χ3v) is 4.10. The molecule has 0 amide bonds.